The highest BCUT2D eigenvalue weighted by molar-refractivity contribution is 8.00. The van der Waals surface area contributed by atoms with Gasteiger partial charge < -0.3 is 30.5 Å². The van der Waals surface area contributed by atoms with Gasteiger partial charge in [-0.3, -0.25) is 14.4 Å². The van der Waals surface area contributed by atoms with Crippen molar-refractivity contribution in [2.24, 2.45) is 0 Å². The van der Waals surface area contributed by atoms with Crippen LogP contribution in [0.2, 0.25) is 0 Å². The van der Waals surface area contributed by atoms with Crippen molar-refractivity contribution in [1.82, 2.24) is 5.32 Å². The number of ether oxygens (including phenoxy) is 2. The minimum Gasteiger partial charge on any atom is -0.493 e. The van der Waals surface area contributed by atoms with Gasteiger partial charge in [0.05, 0.1) is 19.8 Å². The number of carbonyl (C=O) groups excluding carboxylic acids is 3. The maximum absolute atomic E-state index is 13.6. The highest BCUT2D eigenvalue weighted by Crippen LogP contribution is 2.37. The molecule has 0 saturated carbocycles. The zero-order chi connectivity index (χ0) is 35.5. The van der Waals surface area contributed by atoms with E-state index in [9.17, 15) is 24.3 Å². The Labute approximate surface area is 293 Å². The van der Waals surface area contributed by atoms with E-state index in [-0.39, 0.29) is 17.2 Å². The molecular formula is C39H33N3O7S. The fourth-order valence-corrected chi connectivity index (χ4v) is 5.87. The summed E-state index contributed by atoms with van der Waals surface area (Å²) in [6.07, 6.45) is 1.54. The molecule has 0 aromatic heterocycles. The lowest BCUT2D eigenvalue weighted by Gasteiger charge is -2.18. The van der Waals surface area contributed by atoms with E-state index >= 15 is 0 Å². The van der Waals surface area contributed by atoms with Gasteiger partial charge in [-0.2, -0.15) is 0 Å². The zero-order valence-corrected chi connectivity index (χ0v) is 27.9. The second-order valence-corrected chi connectivity index (χ2v) is 11.9. The molecule has 0 radical (unpaired) electrons. The molecule has 0 aliphatic carbocycles. The van der Waals surface area contributed by atoms with Crippen molar-refractivity contribution in [3.63, 3.8) is 0 Å². The van der Waals surface area contributed by atoms with E-state index < -0.39 is 23.0 Å². The molecule has 0 aliphatic rings. The molecule has 4 N–H and O–H groups in total. The number of aromatic carboxylic acids is 1. The Morgan fingerprint density at radius 3 is 2.00 bits per heavy atom. The van der Waals surface area contributed by atoms with Crippen molar-refractivity contribution in [2.75, 3.05) is 24.9 Å². The molecule has 5 aromatic carbocycles. The molecule has 1 unspecified atom stereocenters. The predicted octanol–water partition coefficient (Wildman–Crippen LogP) is 7.28. The molecule has 5 rings (SSSR count). The molecule has 0 aliphatic heterocycles. The van der Waals surface area contributed by atoms with Crippen LogP contribution in [0.25, 0.3) is 6.08 Å². The highest BCUT2D eigenvalue weighted by atomic mass is 32.2. The maximum atomic E-state index is 13.6. The Hall–Kier alpha value is -6.33. The Balaban J connectivity index is 1.35. The summed E-state index contributed by atoms with van der Waals surface area (Å²) in [6.45, 7) is 0. The standard InChI is InChI=1S/C39H33N3O7S/c1-48-33-21-16-25(23-34(33)49-2)22-32(42-36(43)27-12-7-4-8-13-27)37(44)40-29-17-19-31(20-18-29)50-35(26-10-5-3-6-11-26)38(45)41-30-15-9-14-28(24-30)39(46)47/h3-24,35H,1-2H3,(H,40,44)(H,41,45)(H,42,43)(H,46,47)/b32-22-. The first kappa shape index (κ1) is 35.0. The van der Waals surface area contributed by atoms with Crippen LogP contribution in [0.5, 0.6) is 11.5 Å². The molecule has 10 nitrogen and oxygen atoms in total. The normalized spacial score (nSPS) is 11.5. The Morgan fingerprint density at radius 1 is 0.680 bits per heavy atom. The molecule has 252 valence electrons. The first-order valence-electron chi connectivity index (χ1n) is 15.3. The third-order valence-electron chi connectivity index (χ3n) is 7.33. The number of nitrogens with one attached hydrogen (secondary N) is 3. The lowest BCUT2D eigenvalue weighted by molar-refractivity contribution is -0.116. The topological polar surface area (TPSA) is 143 Å². The third kappa shape index (κ3) is 9.18. The third-order valence-corrected chi connectivity index (χ3v) is 8.60. The Kier molecular flexibility index (Phi) is 11.7. The van der Waals surface area contributed by atoms with E-state index in [1.807, 2.05) is 30.3 Å². The van der Waals surface area contributed by atoms with Gasteiger partial charge in [0.1, 0.15) is 10.9 Å². The number of carboxylic acid groups (broad SMARTS) is 1. The van der Waals surface area contributed by atoms with Gasteiger partial charge in [0.2, 0.25) is 5.91 Å². The molecule has 50 heavy (non-hydrogen) atoms. The van der Waals surface area contributed by atoms with Crippen LogP contribution in [0.1, 0.15) is 37.1 Å². The average Bonchev–Trinajstić information content (AvgIpc) is 3.14. The number of benzene rings is 5. The second-order valence-electron chi connectivity index (χ2n) is 10.8. The van der Waals surface area contributed by atoms with Crippen molar-refractivity contribution in [2.45, 2.75) is 10.1 Å². The maximum Gasteiger partial charge on any atom is 0.335 e. The van der Waals surface area contributed by atoms with Crippen molar-refractivity contribution in [1.29, 1.82) is 0 Å². The number of rotatable bonds is 13. The van der Waals surface area contributed by atoms with Crippen molar-refractivity contribution in [3.05, 3.63) is 155 Å². The fraction of sp³-hybridized carbons (Fsp3) is 0.0769. The van der Waals surface area contributed by atoms with Crippen LogP contribution in [0.4, 0.5) is 11.4 Å². The van der Waals surface area contributed by atoms with Gasteiger partial charge in [-0.25, -0.2) is 4.79 Å². The van der Waals surface area contributed by atoms with Gasteiger partial charge >= 0.3 is 5.97 Å². The van der Waals surface area contributed by atoms with Crippen LogP contribution in [0, 0.1) is 0 Å². The molecule has 0 fully saturated rings. The van der Waals surface area contributed by atoms with E-state index in [4.69, 9.17) is 9.47 Å². The summed E-state index contributed by atoms with van der Waals surface area (Å²) in [7, 11) is 3.03. The largest absolute Gasteiger partial charge is 0.493 e. The SMILES string of the molecule is COc1ccc(/C=C(\NC(=O)c2ccccc2)C(=O)Nc2ccc(SC(C(=O)Nc3cccc(C(=O)O)c3)c3ccccc3)cc2)cc1OC. The van der Waals surface area contributed by atoms with E-state index in [1.165, 1.54) is 44.2 Å². The second kappa shape index (κ2) is 16.7. The van der Waals surface area contributed by atoms with Gasteiger partial charge in [-0.1, -0.05) is 60.7 Å². The summed E-state index contributed by atoms with van der Waals surface area (Å²) < 4.78 is 10.7. The summed E-state index contributed by atoms with van der Waals surface area (Å²) >= 11 is 1.30. The first-order chi connectivity index (χ1) is 24.2. The van der Waals surface area contributed by atoms with Crippen molar-refractivity contribution < 1.29 is 33.8 Å². The molecule has 1 atom stereocenters. The minimum atomic E-state index is -1.09. The van der Waals surface area contributed by atoms with Gasteiger partial charge in [-0.05, 0) is 83.9 Å². The highest BCUT2D eigenvalue weighted by Gasteiger charge is 2.23. The quantitative estimate of drug-likeness (QED) is 0.0747. The molecule has 0 spiro atoms. The summed E-state index contributed by atoms with van der Waals surface area (Å²) in [5.41, 5.74) is 2.60. The molecule has 0 bridgehead atoms. The number of hydrogen-bond acceptors (Lipinski definition) is 7. The van der Waals surface area contributed by atoms with Crippen LogP contribution in [0.3, 0.4) is 0 Å². The number of carbonyl (C=O) groups is 4. The van der Waals surface area contributed by atoms with E-state index in [0.717, 1.165) is 10.5 Å². The lowest BCUT2D eigenvalue weighted by atomic mass is 10.1. The van der Waals surface area contributed by atoms with E-state index in [2.05, 4.69) is 16.0 Å². The first-order valence-corrected chi connectivity index (χ1v) is 16.2. The van der Waals surface area contributed by atoms with Gasteiger partial charge in [0.25, 0.3) is 11.8 Å². The van der Waals surface area contributed by atoms with Crippen LogP contribution in [-0.4, -0.2) is 43.0 Å². The lowest BCUT2D eigenvalue weighted by Crippen LogP contribution is -2.30. The van der Waals surface area contributed by atoms with E-state index in [0.29, 0.717) is 34.0 Å². The summed E-state index contributed by atoms with van der Waals surface area (Å²) in [6, 6.07) is 35.9. The Morgan fingerprint density at radius 2 is 1.34 bits per heavy atom. The van der Waals surface area contributed by atoms with E-state index in [1.54, 1.807) is 84.9 Å². The smallest absolute Gasteiger partial charge is 0.335 e. The fourth-order valence-electron chi connectivity index (χ4n) is 4.84. The monoisotopic (exact) mass is 687 g/mol. The molecule has 5 aromatic rings. The number of methoxy groups -OCH3 is 2. The Bertz CT molecular complexity index is 2020. The average molecular weight is 688 g/mol. The number of anilines is 2. The predicted molar refractivity (Wildman–Crippen MR) is 194 cm³/mol. The van der Waals surface area contributed by atoms with Gasteiger partial charge in [0.15, 0.2) is 11.5 Å². The van der Waals surface area contributed by atoms with Crippen LogP contribution >= 0.6 is 11.8 Å². The minimum absolute atomic E-state index is 0.00250. The molecule has 11 heteroatoms. The molecule has 3 amide bonds. The molecular weight excluding hydrogens is 655 g/mol. The number of thioether (sulfide) groups is 1. The van der Waals surface area contributed by atoms with Crippen molar-refractivity contribution >= 4 is 52.9 Å². The molecule has 0 saturated heterocycles. The zero-order valence-electron chi connectivity index (χ0n) is 27.1. The molecule has 0 heterocycles. The number of carboxylic acids is 1. The van der Waals surface area contributed by atoms with Crippen LogP contribution < -0.4 is 25.4 Å². The summed E-state index contributed by atoms with van der Waals surface area (Å²) in [5, 5.41) is 17.1. The number of amides is 3. The summed E-state index contributed by atoms with van der Waals surface area (Å²) in [5.74, 6) is -1.47. The van der Waals surface area contributed by atoms with Crippen LogP contribution in [-0.2, 0) is 9.59 Å². The number of hydrogen-bond donors (Lipinski definition) is 4. The van der Waals surface area contributed by atoms with Crippen molar-refractivity contribution in [3.8, 4) is 11.5 Å². The summed E-state index contributed by atoms with van der Waals surface area (Å²) in [4.78, 5) is 52.3. The van der Waals surface area contributed by atoms with Gasteiger partial charge in [-0.15, -0.1) is 11.8 Å². The van der Waals surface area contributed by atoms with Gasteiger partial charge in [0, 0.05) is 21.8 Å². The van der Waals surface area contributed by atoms with Crippen LogP contribution in [0.15, 0.2) is 138 Å².